The summed E-state index contributed by atoms with van der Waals surface area (Å²) in [7, 11) is 0. The van der Waals surface area contributed by atoms with Crippen LogP contribution in [0.4, 0.5) is 0 Å². The number of aromatic nitrogens is 2. The highest BCUT2D eigenvalue weighted by Gasteiger charge is 2.26. The molecule has 0 radical (unpaired) electrons. The summed E-state index contributed by atoms with van der Waals surface area (Å²) in [5, 5.41) is 0.610. The Kier molecular flexibility index (Phi) is 4.47. The van der Waals surface area contributed by atoms with Gasteiger partial charge in [0, 0.05) is 22.7 Å². The molecule has 2 aromatic heterocycles. The van der Waals surface area contributed by atoms with Crippen molar-refractivity contribution in [3.63, 3.8) is 0 Å². The SMILES string of the molecule is O=C(c1c[nH]c2ccccc12)C(Sc1nc2ccccc2s1)c1ccccc1. The Morgan fingerprint density at radius 1 is 0.929 bits per heavy atom. The van der Waals surface area contributed by atoms with Crippen molar-refractivity contribution >= 4 is 50.0 Å². The first kappa shape index (κ1) is 17.2. The molecule has 1 atom stereocenters. The third-order valence-corrected chi connectivity index (χ3v) is 7.07. The number of rotatable bonds is 5. The largest absolute Gasteiger partial charge is 0.360 e. The van der Waals surface area contributed by atoms with Gasteiger partial charge in [0.05, 0.1) is 10.2 Å². The van der Waals surface area contributed by atoms with Gasteiger partial charge in [0.1, 0.15) is 5.25 Å². The molecule has 0 aliphatic carbocycles. The highest BCUT2D eigenvalue weighted by molar-refractivity contribution is 8.02. The van der Waals surface area contributed by atoms with Gasteiger partial charge in [0.15, 0.2) is 10.1 Å². The summed E-state index contributed by atoms with van der Waals surface area (Å²) in [5.41, 5.74) is 3.66. The lowest BCUT2D eigenvalue weighted by molar-refractivity contribution is 0.0991. The number of fused-ring (bicyclic) bond motifs is 2. The van der Waals surface area contributed by atoms with Gasteiger partial charge in [-0.25, -0.2) is 4.98 Å². The number of Topliss-reactive ketones (excluding diaryl/α,β-unsaturated/α-hetero) is 1. The number of aromatic amines is 1. The van der Waals surface area contributed by atoms with Crippen LogP contribution in [-0.4, -0.2) is 15.8 Å². The molecule has 0 aliphatic rings. The van der Waals surface area contributed by atoms with Crippen LogP contribution in [0.5, 0.6) is 0 Å². The quantitative estimate of drug-likeness (QED) is 0.271. The van der Waals surface area contributed by atoms with Crippen molar-refractivity contribution < 1.29 is 4.79 Å². The van der Waals surface area contributed by atoms with Gasteiger partial charge in [-0.05, 0) is 23.8 Å². The molecule has 1 N–H and O–H groups in total. The first-order valence-electron chi connectivity index (χ1n) is 8.97. The number of carbonyl (C=O) groups is 1. The number of para-hydroxylation sites is 2. The smallest absolute Gasteiger partial charge is 0.182 e. The Labute approximate surface area is 170 Å². The summed E-state index contributed by atoms with van der Waals surface area (Å²) in [6.07, 6.45) is 1.82. The van der Waals surface area contributed by atoms with E-state index >= 15 is 0 Å². The number of thiazole rings is 1. The zero-order valence-corrected chi connectivity index (χ0v) is 16.5. The zero-order valence-electron chi connectivity index (χ0n) is 14.8. The Morgan fingerprint density at radius 3 is 2.54 bits per heavy atom. The maximum absolute atomic E-state index is 13.6. The van der Waals surface area contributed by atoms with E-state index in [9.17, 15) is 4.79 Å². The van der Waals surface area contributed by atoms with E-state index in [1.54, 1.807) is 11.3 Å². The van der Waals surface area contributed by atoms with E-state index < -0.39 is 0 Å². The predicted molar refractivity (Wildman–Crippen MR) is 117 cm³/mol. The fourth-order valence-corrected chi connectivity index (χ4v) is 5.65. The lowest BCUT2D eigenvalue weighted by Crippen LogP contribution is -2.09. The Balaban J connectivity index is 1.57. The van der Waals surface area contributed by atoms with Crippen molar-refractivity contribution in [1.82, 2.24) is 9.97 Å². The molecule has 0 amide bonds. The summed E-state index contributed by atoms with van der Waals surface area (Å²) < 4.78 is 2.04. The van der Waals surface area contributed by atoms with Crippen molar-refractivity contribution in [2.75, 3.05) is 0 Å². The van der Waals surface area contributed by atoms with Crippen LogP contribution in [0.15, 0.2) is 89.4 Å². The van der Waals surface area contributed by atoms with Crippen LogP contribution < -0.4 is 0 Å². The minimum Gasteiger partial charge on any atom is -0.360 e. The van der Waals surface area contributed by atoms with Crippen LogP contribution in [0.1, 0.15) is 21.2 Å². The fraction of sp³-hybridized carbons (Fsp3) is 0.0435. The second-order valence-corrected chi connectivity index (χ2v) is 8.85. The van der Waals surface area contributed by atoms with E-state index in [1.165, 1.54) is 11.8 Å². The fourth-order valence-electron chi connectivity index (χ4n) is 3.32. The minimum atomic E-state index is -0.346. The molecule has 5 rings (SSSR count). The molecule has 28 heavy (non-hydrogen) atoms. The molecule has 3 nitrogen and oxygen atoms in total. The highest BCUT2D eigenvalue weighted by Crippen LogP contribution is 2.41. The second kappa shape index (κ2) is 7.26. The molecule has 3 aromatic carbocycles. The summed E-state index contributed by atoms with van der Waals surface area (Å²) in [6, 6.07) is 25.9. The van der Waals surface area contributed by atoms with Crippen molar-refractivity contribution in [2.45, 2.75) is 9.59 Å². The maximum atomic E-state index is 13.6. The Morgan fingerprint density at radius 2 is 1.68 bits per heavy atom. The summed E-state index contributed by atoms with van der Waals surface area (Å²) in [4.78, 5) is 21.5. The molecule has 5 aromatic rings. The first-order valence-corrected chi connectivity index (χ1v) is 10.7. The molecule has 0 saturated heterocycles. The van der Waals surface area contributed by atoms with Gasteiger partial charge in [0.25, 0.3) is 0 Å². The van der Waals surface area contributed by atoms with Gasteiger partial charge in [0.2, 0.25) is 0 Å². The lowest BCUT2D eigenvalue weighted by Gasteiger charge is -2.14. The molecule has 0 saturated carbocycles. The summed E-state index contributed by atoms with van der Waals surface area (Å²) >= 11 is 3.16. The molecular weight excluding hydrogens is 384 g/mol. The molecule has 2 heterocycles. The zero-order chi connectivity index (χ0) is 18.9. The van der Waals surface area contributed by atoms with Gasteiger partial charge in [-0.2, -0.15) is 0 Å². The van der Waals surface area contributed by atoms with E-state index in [-0.39, 0.29) is 11.0 Å². The molecule has 5 heteroatoms. The third kappa shape index (κ3) is 3.13. The number of thioether (sulfide) groups is 1. The van der Waals surface area contributed by atoms with Crippen LogP contribution in [0.25, 0.3) is 21.1 Å². The lowest BCUT2D eigenvalue weighted by atomic mass is 10.0. The molecule has 136 valence electrons. The van der Waals surface area contributed by atoms with Crippen LogP contribution >= 0.6 is 23.1 Å². The first-order chi connectivity index (χ1) is 13.8. The number of benzene rings is 3. The number of nitrogens with zero attached hydrogens (tertiary/aromatic N) is 1. The Hall–Kier alpha value is -2.89. The molecule has 0 aliphatic heterocycles. The average Bonchev–Trinajstić information content (AvgIpc) is 3.36. The van der Waals surface area contributed by atoms with E-state index in [1.807, 2.05) is 79.0 Å². The van der Waals surface area contributed by atoms with E-state index in [2.05, 4.69) is 11.1 Å². The second-order valence-electron chi connectivity index (χ2n) is 6.47. The minimum absolute atomic E-state index is 0.0907. The van der Waals surface area contributed by atoms with Crippen LogP contribution in [0, 0.1) is 0 Å². The van der Waals surface area contributed by atoms with Gasteiger partial charge in [-0.3, -0.25) is 4.79 Å². The average molecular weight is 401 g/mol. The third-order valence-electron chi connectivity index (χ3n) is 4.69. The highest BCUT2D eigenvalue weighted by atomic mass is 32.2. The normalized spacial score (nSPS) is 12.4. The number of hydrogen-bond acceptors (Lipinski definition) is 4. The molecule has 0 spiro atoms. The summed E-state index contributed by atoms with van der Waals surface area (Å²) in [6.45, 7) is 0. The predicted octanol–water partition coefficient (Wildman–Crippen LogP) is 6.49. The number of H-pyrrole nitrogens is 1. The number of nitrogens with one attached hydrogen (secondary N) is 1. The van der Waals surface area contributed by atoms with Gasteiger partial charge >= 0.3 is 0 Å². The maximum Gasteiger partial charge on any atom is 0.182 e. The monoisotopic (exact) mass is 400 g/mol. The number of ketones is 1. The van der Waals surface area contributed by atoms with Crippen LogP contribution in [0.2, 0.25) is 0 Å². The van der Waals surface area contributed by atoms with Crippen molar-refractivity contribution in [3.05, 3.63) is 96.2 Å². The van der Waals surface area contributed by atoms with Gasteiger partial charge in [-0.15, -0.1) is 11.3 Å². The molecule has 0 bridgehead atoms. The Bertz CT molecular complexity index is 1240. The standard InChI is InChI=1S/C23H16N2OS2/c26-21(17-14-24-18-11-5-4-10-16(17)18)22(15-8-2-1-3-9-15)28-23-25-19-12-6-7-13-20(19)27-23/h1-14,22,24H. The van der Waals surface area contributed by atoms with Crippen molar-refractivity contribution in [2.24, 2.45) is 0 Å². The van der Waals surface area contributed by atoms with E-state index in [0.29, 0.717) is 0 Å². The molecule has 0 fully saturated rings. The number of hydrogen-bond donors (Lipinski definition) is 1. The van der Waals surface area contributed by atoms with Gasteiger partial charge in [-0.1, -0.05) is 72.4 Å². The number of carbonyl (C=O) groups excluding carboxylic acids is 1. The van der Waals surface area contributed by atoms with E-state index in [4.69, 9.17) is 4.98 Å². The molecular formula is C23H16N2OS2. The van der Waals surface area contributed by atoms with Crippen molar-refractivity contribution in [3.8, 4) is 0 Å². The van der Waals surface area contributed by atoms with Crippen molar-refractivity contribution in [1.29, 1.82) is 0 Å². The summed E-state index contributed by atoms with van der Waals surface area (Å²) in [5.74, 6) is 0.0907. The molecule has 1 unspecified atom stereocenters. The topological polar surface area (TPSA) is 45.8 Å². The van der Waals surface area contributed by atoms with Crippen LogP contribution in [-0.2, 0) is 0 Å². The van der Waals surface area contributed by atoms with Crippen LogP contribution in [0.3, 0.4) is 0 Å². The van der Waals surface area contributed by atoms with E-state index in [0.717, 1.165) is 36.6 Å². The van der Waals surface area contributed by atoms with Gasteiger partial charge < -0.3 is 4.98 Å².